The molecule has 0 spiro atoms. The van der Waals surface area contributed by atoms with Gasteiger partial charge in [-0.1, -0.05) is 30.1 Å². The number of rotatable bonds is 5. The highest BCUT2D eigenvalue weighted by molar-refractivity contribution is 6.35. The third kappa shape index (κ3) is 3.76. The number of benzene rings is 1. The summed E-state index contributed by atoms with van der Waals surface area (Å²) in [6, 6.07) is 5.47. The molecule has 1 aliphatic heterocycles. The first-order chi connectivity index (χ1) is 9.11. The van der Waals surface area contributed by atoms with Crippen LogP contribution in [0.4, 0.5) is 0 Å². The van der Waals surface area contributed by atoms with Gasteiger partial charge in [-0.15, -0.1) is 0 Å². The third-order valence-electron chi connectivity index (χ3n) is 3.71. The van der Waals surface area contributed by atoms with Gasteiger partial charge in [-0.05, 0) is 37.1 Å². The fraction of sp³-hybridized carbons (Fsp3) is 0.571. The van der Waals surface area contributed by atoms with E-state index in [-0.39, 0.29) is 12.6 Å². The van der Waals surface area contributed by atoms with Crippen molar-refractivity contribution in [2.75, 3.05) is 26.3 Å². The Morgan fingerprint density at radius 3 is 2.89 bits per heavy atom. The summed E-state index contributed by atoms with van der Waals surface area (Å²) in [6.07, 6.45) is 1.13. The van der Waals surface area contributed by atoms with Crippen LogP contribution in [0.3, 0.4) is 0 Å². The first-order valence-corrected chi connectivity index (χ1v) is 7.30. The van der Waals surface area contributed by atoms with Crippen molar-refractivity contribution < 1.29 is 9.84 Å². The molecule has 106 valence electrons. The van der Waals surface area contributed by atoms with E-state index in [4.69, 9.17) is 27.9 Å². The first-order valence-electron chi connectivity index (χ1n) is 6.54. The molecule has 0 saturated carbocycles. The second-order valence-corrected chi connectivity index (χ2v) is 5.82. The van der Waals surface area contributed by atoms with E-state index < -0.39 is 0 Å². The maximum absolute atomic E-state index is 9.38. The Bertz CT molecular complexity index is 428. The van der Waals surface area contributed by atoms with Gasteiger partial charge in [0, 0.05) is 17.6 Å². The molecule has 2 unspecified atom stereocenters. The van der Waals surface area contributed by atoms with E-state index in [0.717, 1.165) is 19.5 Å². The molecule has 0 aromatic heterocycles. The molecular weight excluding hydrogens is 285 g/mol. The highest BCUT2D eigenvalue weighted by Gasteiger charge is 2.29. The van der Waals surface area contributed by atoms with Crippen LogP contribution >= 0.6 is 23.2 Å². The summed E-state index contributed by atoms with van der Waals surface area (Å²) in [6.45, 7) is 4.77. The SMILES string of the molecule is CC1CCN(CCOc2ccc(Cl)cc2Cl)C1CO. The van der Waals surface area contributed by atoms with Crippen LogP contribution in [0, 0.1) is 5.92 Å². The molecule has 1 aliphatic rings. The molecule has 0 radical (unpaired) electrons. The van der Waals surface area contributed by atoms with Crippen LogP contribution in [0.1, 0.15) is 13.3 Å². The molecule has 3 nitrogen and oxygen atoms in total. The zero-order valence-electron chi connectivity index (χ0n) is 11.0. The molecule has 5 heteroatoms. The van der Waals surface area contributed by atoms with Gasteiger partial charge >= 0.3 is 0 Å². The minimum Gasteiger partial charge on any atom is -0.491 e. The smallest absolute Gasteiger partial charge is 0.138 e. The van der Waals surface area contributed by atoms with Crippen LogP contribution in [0.25, 0.3) is 0 Å². The van der Waals surface area contributed by atoms with Gasteiger partial charge in [0.05, 0.1) is 11.6 Å². The maximum Gasteiger partial charge on any atom is 0.138 e. The van der Waals surface area contributed by atoms with E-state index in [9.17, 15) is 5.11 Å². The molecule has 1 aromatic rings. The van der Waals surface area contributed by atoms with Crippen molar-refractivity contribution in [3.05, 3.63) is 28.2 Å². The monoisotopic (exact) mass is 303 g/mol. The number of hydrogen-bond acceptors (Lipinski definition) is 3. The molecule has 0 aliphatic carbocycles. The molecule has 1 N–H and O–H groups in total. The van der Waals surface area contributed by atoms with Gasteiger partial charge in [0.25, 0.3) is 0 Å². The van der Waals surface area contributed by atoms with Crippen LogP contribution < -0.4 is 4.74 Å². The fourth-order valence-electron chi connectivity index (χ4n) is 2.53. The lowest BCUT2D eigenvalue weighted by molar-refractivity contribution is 0.123. The summed E-state index contributed by atoms with van der Waals surface area (Å²) in [5.41, 5.74) is 0. The van der Waals surface area contributed by atoms with Crippen molar-refractivity contribution in [3.63, 3.8) is 0 Å². The third-order valence-corrected chi connectivity index (χ3v) is 4.25. The minimum absolute atomic E-state index is 0.211. The normalized spacial score (nSPS) is 23.8. The van der Waals surface area contributed by atoms with Gasteiger partial charge in [0.15, 0.2) is 0 Å². The molecule has 1 saturated heterocycles. The zero-order chi connectivity index (χ0) is 13.8. The van der Waals surface area contributed by atoms with Crippen LogP contribution in [0.15, 0.2) is 18.2 Å². The van der Waals surface area contributed by atoms with Crippen molar-refractivity contribution in [3.8, 4) is 5.75 Å². The van der Waals surface area contributed by atoms with Gasteiger partial charge in [0.2, 0.25) is 0 Å². The summed E-state index contributed by atoms with van der Waals surface area (Å²) in [7, 11) is 0. The van der Waals surface area contributed by atoms with E-state index in [1.807, 2.05) is 0 Å². The summed E-state index contributed by atoms with van der Waals surface area (Å²) in [5.74, 6) is 1.20. The Balaban J connectivity index is 1.83. The number of likely N-dealkylation sites (tertiary alicyclic amines) is 1. The standard InChI is InChI=1S/C14H19Cl2NO2/c1-10-4-5-17(13(10)9-18)6-7-19-14-3-2-11(15)8-12(14)16/h2-3,8,10,13,18H,4-7,9H2,1H3. The van der Waals surface area contributed by atoms with E-state index in [1.54, 1.807) is 18.2 Å². The predicted molar refractivity (Wildman–Crippen MR) is 78.2 cm³/mol. The van der Waals surface area contributed by atoms with E-state index >= 15 is 0 Å². The average molecular weight is 304 g/mol. The number of aliphatic hydroxyl groups is 1. The zero-order valence-corrected chi connectivity index (χ0v) is 12.5. The molecule has 2 rings (SSSR count). The van der Waals surface area contributed by atoms with Gasteiger partial charge in [-0.2, -0.15) is 0 Å². The molecule has 1 aromatic carbocycles. The van der Waals surface area contributed by atoms with Crippen molar-refractivity contribution in [2.45, 2.75) is 19.4 Å². The fourth-order valence-corrected chi connectivity index (χ4v) is 2.99. The highest BCUT2D eigenvalue weighted by atomic mass is 35.5. The van der Waals surface area contributed by atoms with Crippen molar-refractivity contribution >= 4 is 23.2 Å². The Labute approximate surface area is 124 Å². The largest absolute Gasteiger partial charge is 0.491 e. The van der Waals surface area contributed by atoms with Gasteiger partial charge in [-0.3, -0.25) is 4.90 Å². The van der Waals surface area contributed by atoms with Crippen LogP contribution in [0.2, 0.25) is 10.0 Å². The molecule has 2 atom stereocenters. The molecule has 19 heavy (non-hydrogen) atoms. The van der Waals surface area contributed by atoms with E-state index in [1.165, 1.54) is 0 Å². The quantitative estimate of drug-likeness (QED) is 0.907. The van der Waals surface area contributed by atoms with Gasteiger partial charge in [-0.25, -0.2) is 0 Å². The lowest BCUT2D eigenvalue weighted by atomic mass is 10.0. The predicted octanol–water partition coefficient (Wildman–Crippen LogP) is 3.07. The number of aliphatic hydroxyl groups excluding tert-OH is 1. The number of nitrogens with zero attached hydrogens (tertiary/aromatic N) is 1. The Morgan fingerprint density at radius 2 is 2.21 bits per heavy atom. The molecule has 1 fully saturated rings. The highest BCUT2D eigenvalue weighted by Crippen LogP contribution is 2.28. The molecule has 0 bridgehead atoms. The van der Waals surface area contributed by atoms with Crippen LogP contribution in [-0.2, 0) is 0 Å². The maximum atomic E-state index is 9.38. The lowest BCUT2D eigenvalue weighted by Gasteiger charge is -2.24. The number of hydrogen-bond donors (Lipinski definition) is 1. The number of ether oxygens (including phenoxy) is 1. The summed E-state index contributed by atoms with van der Waals surface area (Å²) < 4.78 is 5.67. The van der Waals surface area contributed by atoms with Crippen LogP contribution in [-0.4, -0.2) is 42.4 Å². The van der Waals surface area contributed by atoms with Gasteiger partial charge < -0.3 is 9.84 Å². The second-order valence-electron chi connectivity index (χ2n) is 4.98. The number of halogens is 2. The van der Waals surface area contributed by atoms with E-state index in [0.29, 0.717) is 28.3 Å². The Morgan fingerprint density at radius 1 is 1.42 bits per heavy atom. The molecule has 1 heterocycles. The minimum atomic E-state index is 0.211. The summed E-state index contributed by atoms with van der Waals surface area (Å²) in [4.78, 5) is 2.27. The van der Waals surface area contributed by atoms with Gasteiger partial charge in [0.1, 0.15) is 12.4 Å². The first kappa shape index (κ1) is 14.9. The van der Waals surface area contributed by atoms with Crippen LogP contribution in [0.5, 0.6) is 5.75 Å². The topological polar surface area (TPSA) is 32.7 Å². The van der Waals surface area contributed by atoms with Crippen molar-refractivity contribution in [1.29, 1.82) is 0 Å². The Kier molecular flexibility index (Phi) is 5.34. The summed E-state index contributed by atoms with van der Waals surface area (Å²) in [5, 5.41) is 10.5. The Hall–Kier alpha value is -0.480. The molecule has 0 amide bonds. The van der Waals surface area contributed by atoms with Crippen molar-refractivity contribution in [1.82, 2.24) is 4.90 Å². The van der Waals surface area contributed by atoms with E-state index in [2.05, 4.69) is 11.8 Å². The van der Waals surface area contributed by atoms with Crippen molar-refractivity contribution in [2.24, 2.45) is 5.92 Å². The molecular formula is C14H19Cl2NO2. The summed E-state index contributed by atoms with van der Waals surface area (Å²) >= 11 is 11.9. The average Bonchev–Trinajstić information content (AvgIpc) is 2.72. The lowest BCUT2D eigenvalue weighted by Crippen LogP contribution is -2.37. The second kappa shape index (κ2) is 6.80.